The number of halogens is 1. The van der Waals surface area contributed by atoms with Crippen molar-refractivity contribution < 1.29 is 4.79 Å². The summed E-state index contributed by atoms with van der Waals surface area (Å²) in [6.45, 7) is 3.47. The molecule has 0 heterocycles. The molecule has 0 spiro atoms. The van der Waals surface area contributed by atoms with Crippen LogP contribution in [0.2, 0.25) is 5.02 Å². The Morgan fingerprint density at radius 3 is 2.65 bits per heavy atom. The molecule has 0 unspecified atom stereocenters. The summed E-state index contributed by atoms with van der Waals surface area (Å²) in [5, 5.41) is 6.61. The van der Waals surface area contributed by atoms with Crippen molar-refractivity contribution in [2.45, 2.75) is 45.4 Å². The second kappa shape index (κ2) is 10.7. The molecule has 0 aliphatic heterocycles. The molecule has 3 nitrogen and oxygen atoms in total. The maximum atomic E-state index is 11.7. The number of amides is 1. The van der Waals surface area contributed by atoms with Gasteiger partial charge in [0.25, 0.3) is 0 Å². The van der Waals surface area contributed by atoms with Crippen molar-refractivity contribution >= 4 is 23.2 Å². The van der Waals surface area contributed by atoms with E-state index in [9.17, 15) is 4.79 Å². The molecule has 0 aromatic heterocycles. The Labute approximate surface area is 127 Å². The normalized spacial score (nSPS) is 10.5. The van der Waals surface area contributed by atoms with Gasteiger partial charge in [-0.05, 0) is 31.2 Å². The number of hydrogen-bond acceptors (Lipinski definition) is 2. The number of carbonyl (C=O) groups excluding carboxylic acids is 1. The lowest BCUT2D eigenvalue weighted by Crippen LogP contribution is -2.28. The summed E-state index contributed by atoms with van der Waals surface area (Å²) >= 11 is 5.86. The second-order valence-corrected chi connectivity index (χ2v) is 5.44. The highest BCUT2D eigenvalue weighted by atomic mass is 35.5. The first-order valence-corrected chi connectivity index (χ1v) is 7.86. The zero-order valence-electron chi connectivity index (χ0n) is 12.3. The lowest BCUT2D eigenvalue weighted by atomic mass is 10.1. The summed E-state index contributed by atoms with van der Waals surface area (Å²) in [5.74, 6) is -0.0294. The average molecular weight is 297 g/mol. The van der Waals surface area contributed by atoms with Crippen LogP contribution in [0.3, 0.4) is 0 Å². The smallest absolute Gasteiger partial charge is 0.238 e. The monoisotopic (exact) mass is 296 g/mol. The van der Waals surface area contributed by atoms with Crippen LogP contribution in [-0.2, 0) is 4.79 Å². The standard InChI is InChI=1S/C16H25ClN2O/c1-2-3-4-5-6-7-11-18-13-16(20)19-15-10-8-9-14(17)12-15/h8-10,12,18H,2-7,11,13H2,1H3,(H,19,20). The molecule has 0 atom stereocenters. The Hall–Kier alpha value is -1.06. The van der Waals surface area contributed by atoms with Crippen molar-refractivity contribution in [3.8, 4) is 0 Å². The Kier molecular flexibility index (Phi) is 9.09. The predicted molar refractivity (Wildman–Crippen MR) is 86.3 cm³/mol. The molecule has 0 radical (unpaired) electrons. The third kappa shape index (κ3) is 8.18. The van der Waals surface area contributed by atoms with Gasteiger partial charge in [-0.1, -0.05) is 56.7 Å². The molecule has 0 fully saturated rings. The minimum absolute atomic E-state index is 0.0294. The summed E-state index contributed by atoms with van der Waals surface area (Å²) in [6.07, 6.45) is 7.60. The molecule has 0 saturated heterocycles. The van der Waals surface area contributed by atoms with E-state index in [4.69, 9.17) is 11.6 Å². The minimum atomic E-state index is -0.0294. The lowest BCUT2D eigenvalue weighted by Gasteiger charge is -2.07. The summed E-state index contributed by atoms with van der Waals surface area (Å²) < 4.78 is 0. The first-order chi connectivity index (χ1) is 9.72. The van der Waals surface area contributed by atoms with Crippen LogP contribution in [0.25, 0.3) is 0 Å². The average Bonchev–Trinajstić information content (AvgIpc) is 2.42. The second-order valence-electron chi connectivity index (χ2n) is 5.00. The van der Waals surface area contributed by atoms with Crippen LogP contribution in [0.15, 0.2) is 24.3 Å². The van der Waals surface area contributed by atoms with E-state index in [0.29, 0.717) is 11.6 Å². The Morgan fingerprint density at radius 2 is 1.90 bits per heavy atom. The first kappa shape index (κ1) is 17.0. The van der Waals surface area contributed by atoms with Gasteiger partial charge in [-0.15, -0.1) is 0 Å². The van der Waals surface area contributed by atoms with Gasteiger partial charge in [0.05, 0.1) is 6.54 Å². The van der Waals surface area contributed by atoms with E-state index < -0.39 is 0 Å². The molecule has 2 N–H and O–H groups in total. The fourth-order valence-corrected chi connectivity index (χ4v) is 2.19. The van der Waals surface area contributed by atoms with E-state index in [1.54, 1.807) is 12.1 Å². The van der Waals surface area contributed by atoms with Crippen LogP contribution in [-0.4, -0.2) is 19.0 Å². The molecule has 0 bridgehead atoms. The quantitative estimate of drug-likeness (QED) is 0.634. The number of nitrogens with one attached hydrogen (secondary N) is 2. The van der Waals surface area contributed by atoms with E-state index in [2.05, 4.69) is 17.6 Å². The summed E-state index contributed by atoms with van der Waals surface area (Å²) in [6, 6.07) is 7.18. The number of rotatable bonds is 10. The molecule has 1 rings (SSSR count). The van der Waals surface area contributed by atoms with Gasteiger partial charge in [-0.25, -0.2) is 0 Å². The lowest BCUT2D eigenvalue weighted by molar-refractivity contribution is -0.115. The highest BCUT2D eigenvalue weighted by molar-refractivity contribution is 6.30. The SMILES string of the molecule is CCCCCCCCNCC(=O)Nc1cccc(Cl)c1. The highest BCUT2D eigenvalue weighted by Crippen LogP contribution is 2.14. The van der Waals surface area contributed by atoms with Gasteiger partial charge >= 0.3 is 0 Å². The van der Waals surface area contributed by atoms with Gasteiger partial charge < -0.3 is 10.6 Å². The zero-order chi connectivity index (χ0) is 14.6. The van der Waals surface area contributed by atoms with Gasteiger partial charge in [0.1, 0.15) is 0 Å². The predicted octanol–water partition coefficient (Wildman–Crippen LogP) is 4.23. The van der Waals surface area contributed by atoms with Crippen LogP contribution in [0.1, 0.15) is 45.4 Å². The third-order valence-corrected chi connectivity index (χ3v) is 3.34. The molecule has 1 aromatic carbocycles. The van der Waals surface area contributed by atoms with Crippen molar-refractivity contribution in [2.24, 2.45) is 0 Å². The van der Waals surface area contributed by atoms with E-state index in [1.807, 2.05) is 12.1 Å². The van der Waals surface area contributed by atoms with Gasteiger partial charge in [0, 0.05) is 10.7 Å². The molecule has 112 valence electrons. The summed E-state index contributed by atoms with van der Waals surface area (Å²) in [4.78, 5) is 11.7. The Bertz CT molecular complexity index is 396. The van der Waals surface area contributed by atoms with Crippen LogP contribution < -0.4 is 10.6 Å². The molecule has 4 heteroatoms. The molecule has 1 amide bonds. The number of unbranched alkanes of at least 4 members (excludes halogenated alkanes) is 5. The maximum Gasteiger partial charge on any atom is 0.238 e. The van der Waals surface area contributed by atoms with E-state index in [1.165, 1.54) is 32.1 Å². The Balaban J connectivity index is 2.03. The molecule has 20 heavy (non-hydrogen) atoms. The number of anilines is 1. The maximum absolute atomic E-state index is 11.7. The number of carbonyl (C=O) groups is 1. The minimum Gasteiger partial charge on any atom is -0.325 e. The summed E-state index contributed by atoms with van der Waals surface area (Å²) in [5.41, 5.74) is 0.740. The van der Waals surface area contributed by atoms with Crippen molar-refractivity contribution in [1.29, 1.82) is 0 Å². The first-order valence-electron chi connectivity index (χ1n) is 7.48. The van der Waals surface area contributed by atoms with E-state index >= 15 is 0 Å². The van der Waals surface area contributed by atoms with Crippen molar-refractivity contribution in [2.75, 3.05) is 18.4 Å². The zero-order valence-corrected chi connectivity index (χ0v) is 13.0. The fourth-order valence-electron chi connectivity index (χ4n) is 2.00. The van der Waals surface area contributed by atoms with Gasteiger partial charge in [0.15, 0.2) is 0 Å². The number of benzene rings is 1. The van der Waals surface area contributed by atoms with Gasteiger partial charge in [0.2, 0.25) is 5.91 Å². The van der Waals surface area contributed by atoms with Crippen molar-refractivity contribution in [3.05, 3.63) is 29.3 Å². The van der Waals surface area contributed by atoms with Crippen LogP contribution >= 0.6 is 11.6 Å². The summed E-state index contributed by atoms with van der Waals surface area (Å²) in [7, 11) is 0. The van der Waals surface area contributed by atoms with Crippen LogP contribution in [0, 0.1) is 0 Å². The van der Waals surface area contributed by atoms with Crippen molar-refractivity contribution in [3.63, 3.8) is 0 Å². The van der Waals surface area contributed by atoms with Crippen LogP contribution in [0.4, 0.5) is 5.69 Å². The molecule has 0 aliphatic rings. The van der Waals surface area contributed by atoms with E-state index in [-0.39, 0.29) is 5.91 Å². The topological polar surface area (TPSA) is 41.1 Å². The van der Waals surface area contributed by atoms with Gasteiger partial charge in [-0.2, -0.15) is 0 Å². The molecular formula is C16H25ClN2O. The molecule has 0 aliphatic carbocycles. The molecule has 0 saturated carbocycles. The fraction of sp³-hybridized carbons (Fsp3) is 0.562. The largest absolute Gasteiger partial charge is 0.325 e. The van der Waals surface area contributed by atoms with Gasteiger partial charge in [-0.3, -0.25) is 4.79 Å². The van der Waals surface area contributed by atoms with Crippen molar-refractivity contribution in [1.82, 2.24) is 5.32 Å². The number of hydrogen-bond donors (Lipinski definition) is 2. The molecule has 1 aromatic rings. The Morgan fingerprint density at radius 1 is 1.15 bits per heavy atom. The highest BCUT2D eigenvalue weighted by Gasteiger charge is 2.01. The van der Waals surface area contributed by atoms with Crippen LogP contribution in [0.5, 0.6) is 0 Å². The third-order valence-electron chi connectivity index (χ3n) is 3.10. The van der Waals surface area contributed by atoms with E-state index in [0.717, 1.165) is 18.7 Å². The molecular weight excluding hydrogens is 272 g/mol.